The highest BCUT2D eigenvalue weighted by Gasteiger charge is 2.31. The summed E-state index contributed by atoms with van der Waals surface area (Å²) in [5, 5.41) is 0. The summed E-state index contributed by atoms with van der Waals surface area (Å²) in [5.74, 6) is 0.454. The van der Waals surface area contributed by atoms with Crippen molar-refractivity contribution < 1.29 is 14.6 Å². The van der Waals surface area contributed by atoms with Crippen molar-refractivity contribution in [1.29, 1.82) is 0 Å². The lowest BCUT2D eigenvalue weighted by Crippen LogP contribution is -2.23. The molecule has 1 aromatic carbocycles. The Hall–Kier alpha value is -1.25. The van der Waals surface area contributed by atoms with E-state index in [1.807, 2.05) is 0 Å². The molecular weight excluding hydrogens is 297 g/mol. The molecule has 1 fully saturated rings. The van der Waals surface area contributed by atoms with Crippen molar-refractivity contribution in [1.82, 2.24) is 0 Å². The molecule has 23 heavy (non-hydrogen) atoms. The Morgan fingerprint density at radius 2 is 1.52 bits per heavy atom. The maximum Gasteiger partial charge on any atom is 0.129 e. The summed E-state index contributed by atoms with van der Waals surface area (Å²) >= 11 is 0. The minimum atomic E-state index is -0.594. The van der Waals surface area contributed by atoms with Crippen molar-refractivity contribution in [3.8, 4) is 0 Å². The molecule has 0 aromatic heterocycles. The van der Waals surface area contributed by atoms with Crippen LogP contribution in [0.3, 0.4) is 0 Å². The number of benzene rings is 1. The highest BCUT2D eigenvalue weighted by atomic mass is 19.1. The van der Waals surface area contributed by atoms with Crippen LogP contribution in [-0.4, -0.2) is 0 Å². The third kappa shape index (κ3) is 3.49. The Bertz CT molecular complexity index is 592. The lowest BCUT2D eigenvalue weighted by atomic mass is 9.71. The van der Waals surface area contributed by atoms with Gasteiger partial charge in [-0.1, -0.05) is 19.8 Å². The van der Waals surface area contributed by atoms with Crippen LogP contribution in [0, 0.1) is 36.3 Å². The Labute approximate surface area is 138 Å². The molecule has 0 radical (unpaired) electrons. The van der Waals surface area contributed by atoms with Gasteiger partial charge in [0.2, 0.25) is 0 Å². The first-order valence-electron chi connectivity index (χ1n) is 8.79. The quantitative estimate of drug-likeness (QED) is 0.559. The fraction of sp³-hybridized carbons (Fsp3) is 0.600. The molecule has 0 saturated heterocycles. The Balaban J connectivity index is 0.00000208. The Kier molecular flexibility index (Phi) is 4.84. The van der Waals surface area contributed by atoms with Crippen LogP contribution in [0.15, 0.2) is 18.0 Å². The largest absolute Gasteiger partial charge is 0.211 e. The van der Waals surface area contributed by atoms with Gasteiger partial charge in [0.15, 0.2) is 0 Å². The van der Waals surface area contributed by atoms with E-state index >= 15 is 0 Å². The monoisotopic (exact) mass is 324 g/mol. The second-order valence-electron chi connectivity index (χ2n) is 7.47. The molecule has 0 nitrogen and oxygen atoms in total. The molecule has 1 aromatic rings. The highest BCUT2D eigenvalue weighted by Crippen LogP contribution is 2.44. The van der Waals surface area contributed by atoms with E-state index in [4.69, 9.17) is 0 Å². The van der Waals surface area contributed by atoms with E-state index in [0.717, 1.165) is 12.3 Å². The third-order valence-corrected chi connectivity index (χ3v) is 5.89. The van der Waals surface area contributed by atoms with Crippen LogP contribution in [0.2, 0.25) is 0 Å². The average molecular weight is 324 g/mol. The zero-order valence-electron chi connectivity index (χ0n) is 14.0. The first kappa shape index (κ1) is 16.6. The topological polar surface area (TPSA) is 0 Å². The molecule has 128 valence electrons. The van der Waals surface area contributed by atoms with Gasteiger partial charge in [-0.2, -0.15) is 0 Å². The van der Waals surface area contributed by atoms with Gasteiger partial charge in [-0.05, 0) is 73.6 Å². The van der Waals surface area contributed by atoms with Crippen LogP contribution in [-0.2, 0) is 0 Å². The maximum absolute atomic E-state index is 14.6. The standard InChI is InChI=1S/C20H25F3.H2/c1-12-3-5-14(6-4-12)15-7-8-17(20(23)9-15)16-10-18(21)13(2)19(22)11-16;/h10-12,14-15H,3-9H2,1-2H3;1H. The smallest absolute Gasteiger partial charge is 0.129 e. The molecule has 2 aliphatic carbocycles. The van der Waals surface area contributed by atoms with Gasteiger partial charge in [-0.25, -0.2) is 13.2 Å². The van der Waals surface area contributed by atoms with Crippen molar-refractivity contribution in [3.05, 3.63) is 40.7 Å². The summed E-state index contributed by atoms with van der Waals surface area (Å²) in [6.45, 7) is 3.69. The van der Waals surface area contributed by atoms with Gasteiger partial charge in [0.05, 0.1) is 0 Å². The van der Waals surface area contributed by atoms with E-state index in [9.17, 15) is 13.2 Å². The normalized spacial score (nSPS) is 29.0. The van der Waals surface area contributed by atoms with E-state index in [1.54, 1.807) is 0 Å². The van der Waals surface area contributed by atoms with Crippen LogP contribution in [0.1, 0.15) is 64.4 Å². The summed E-state index contributed by atoms with van der Waals surface area (Å²) in [5.41, 5.74) is 0.877. The number of hydrogen-bond donors (Lipinski definition) is 0. The summed E-state index contributed by atoms with van der Waals surface area (Å²) < 4.78 is 42.1. The zero-order chi connectivity index (χ0) is 16.6. The Morgan fingerprint density at radius 1 is 0.913 bits per heavy atom. The number of halogens is 3. The minimum Gasteiger partial charge on any atom is -0.211 e. The van der Waals surface area contributed by atoms with E-state index in [-0.39, 0.29) is 12.8 Å². The molecule has 0 aliphatic heterocycles. The fourth-order valence-corrected chi connectivity index (χ4v) is 4.20. The lowest BCUT2D eigenvalue weighted by Gasteiger charge is -2.35. The maximum atomic E-state index is 14.6. The molecule has 0 spiro atoms. The fourth-order valence-electron chi connectivity index (χ4n) is 4.20. The predicted molar refractivity (Wildman–Crippen MR) is 89.7 cm³/mol. The third-order valence-electron chi connectivity index (χ3n) is 5.89. The SMILES string of the molecule is Cc1c(F)cc(C2=C(F)CC(C3CCC(C)CC3)CC2)cc1F.[HH]. The highest BCUT2D eigenvalue weighted by molar-refractivity contribution is 5.68. The van der Waals surface area contributed by atoms with Gasteiger partial charge < -0.3 is 0 Å². The number of rotatable bonds is 2. The summed E-state index contributed by atoms with van der Waals surface area (Å²) in [6.07, 6.45) is 6.83. The molecule has 1 unspecified atom stereocenters. The lowest BCUT2D eigenvalue weighted by molar-refractivity contribution is 0.192. The van der Waals surface area contributed by atoms with Gasteiger partial charge in [0.25, 0.3) is 0 Å². The van der Waals surface area contributed by atoms with Gasteiger partial charge in [-0.3, -0.25) is 0 Å². The number of allylic oxidation sites excluding steroid dienone is 2. The molecule has 1 saturated carbocycles. The molecule has 3 heteroatoms. The molecule has 0 amide bonds. The second-order valence-corrected chi connectivity index (χ2v) is 7.47. The molecule has 3 rings (SSSR count). The first-order valence-corrected chi connectivity index (χ1v) is 8.79. The molecule has 1 atom stereocenters. The minimum absolute atomic E-state index is 0. The molecular formula is C20H27F3. The zero-order valence-corrected chi connectivity index (χ0v) is 14.0. The van der Waals surface area contributed by atoms with E-state index < -0.39 is 11.6 Å². The van der Waals surface area contributed by atoms with Crippen molar-refractivity contribution in [2.45, 2.75) is 58.8 Å². The molecule has 0 heterocycles. The van der Waals surface area contributed by atoms with Crippen molar-refractivity contribution in [2.24, 2.45) is 17.8 Å². The van der Waals surface area contributed by atoms with Crippen LogP contribution in [0.25, 0.3) is 5.57 Å². The van der Waals surface area contributed by atoms with Crippen molar-refractivity contribution >= 4 is 5.57 Å². The summed E-state index contributed by atoms with van der Waals surface area (Å²) in [6, 6.07) is 2.55. The van der Waals surface area contributed by atoms with E-state index in [2.05, 4.69) is 6.92 Å². The van der Waals surface area contributed by atoms with Gasteiger partial charge in [0.1, 0.15) is 17.5 Å². The molecule has 2 aliphatic rings. The van der Waals surface area contributed by atoms with Gasteiger partial charge >= 0.3 is 0 Å². The number of hydrogen-bond acceptors (Lipinski definition) is 0. The molecule has 0 bridgehead atoms. The first-order chi connectivity index (χ1) is 11.0. The van der Waals surface area contributed by atoms with E-state index in [0.29, 0.717) is 35.8 Å². The Morgan fingerprint density at radius 3 is 2.09 bits per heavy atom. The van der Waals surface area contributed by atoms with Crippen LogP contribution < -0.4 is 0 Å². The molecule has 0 N–H and O–H groups in total. The van der Waals surface area contributed by atoms with Crippen LogP contribution in [0.5, 0.6) is 0 Å². The van der Waals surface area contributed by atoms with Crippen molar-refractivity contribution in [3.63, 3.8) is 0 Å². The van der Waals surface area contributed by atoms with E-state index in [1.165, 1.54) is 44.7 Å². The van der Waals surface area contributed by atoms with Crippen LogP contribution in [0.4, 0.5) is 13.2 Å². The summed E-state index contributed by atoms with van der Waals surface area (Å²) in [7, 11) is 0. The second kappa shape index (κ2) is 6.70. The predicted octanol–water partition coefficient (Wildman–Crippen LogP) is 6.83. The average Bonchev–Trinajstić information content (AvgIpc) is 2.53. The van der Waals surface area contributed by atoms with Crippen LogP contribution >= 0.6 is 0 Å². The van der Waals surface area contributed by atoms with Gasteiger partial charge in [-0.15, -0.1) is 0 Å². The van der Waals surface area contributed by atoms with Gasteiger partial charge in [0, 0.05) is 13.4 Å². The van der Waals surface area contributed by atoms with Crippen molar-refractivity contribution in [2.75, 3.05) is 0 Å². The summed E-state index contributed by atoms with van der Waals surface area (Å²) in [4.78, 5) is 0.